The van der Waals surface area contributed by atoms with Gasteiger partial charge in [-0.25, -0.2) is 4.98 Å². The van der Waals surface area contributed by atoms with E-state index in [1.165, 1.54) is 0 Å². The molecule has 1 aliphatic heterocycles. The highest BCUT2D eigenvalue weighted by atomic mass is 35.6. The van der Waals surface area contributed by atoms with Crippen LogP contribution in [0.25, 0.3) is 11.4 Å². The largest absolute Gasteiger partial charge is 0.381 e. The van der Waals surface area contributed by atoms with Crippen LogP contribution in [0.2, 0.25) is 0 Å². The summed E-state index contributed by atoms with van der Waals surface area (Å²) < 4.78 is 3.61. The summed E-state index contributed by atoms with van der Waals surface area (Å²) in [6, 6.07) is 9.44. The maximum absolute atomic E-state index is 6.39. The molecule has 1 fully saturated rings. The summed E-state index contributed by atoms with van der Waals surface area (Å²) >= 11 is 17.9. The summed E-state index contributed by atoms with van der Waals surface area (Å²) in [5.41, 5.74) is 6.81. The van der Waals surface area contributed by atoms with Crippen molar-refractivity contribution in [1.82, 2.24) is 15.0 Å². The average molecular weight is 403 g/mol. The summed E-state index contributed by atoms with van der Waals surface area (Å²) in [7, 11) is 0. The van der Waals surface area contributed by atoms with Crippen molar-refractivity contribution < 1.29 is 4.74 Å². The Labute approximate surface area is 161 Å². The molecule has 9 heteroatoms. The Bertz CT molecular complexity index is 717. The lowest BCUT2D eigenvalue weighted by molar-refractivity contribution is 0.0574. The van der Waals surface area contributed by atoms with Gasteiger partial charge in [0.2, 0.25) is 9.74 Å². The predicted molar refractivity (Wildman–Crippen MR) is 100.0 cm³/mol. The smallest absolute Gasteiger partial charge is 0.250 e. The van der Waals surface area contributed by atoms with E-state index < -0.39 is 3.79 Å². The molecule has 2 aromatic rings. The van der Waals surface area contributed by atoms with Gasteiger partial charge in [0.25, 0.3) is 0 Å². The third kappa shape index (κ3) is 4.92. The van der Waals surface area contributed by atoms with Gasteiger partial charge in [0, 0.05) is 30.9 Å². The van der Waals surface area contributed by atoms with Gasteiger partial charge in [-0.1, -0.05) is 65.1 Å². The number of ether oxygens (including phenoxy) is 1. The number of hydrogen-bond acceptors (Lipinski definition) is 6. The van der Waals surface area contributed by atoms with E-state index in [1.54, 1.807) is 0 Å². The summed E-state index contributed by atoms with van der Waals surface area (Å²) in [5.74, 6) is 0.816. The Morgan fingerprint density at radius 1 is 1.08 bits per heavy atom. The van der Waals surface area contributed by atoms with Crippen LogP contribution in [0.15, 0.2) is 30.3 Å². The zero-order valence-electron chi connectivity index (χ0n) is 13.4. The molecule has 0 atom stereocenters. The Morgan fingerprint density at radius 2 is 1.76 bits per heavy atom. The third-order valence-corrected chi connectivity index (χ3v) is 4.52. The van der Waals surface area contributed by atoms with E-state index >= 15 is 0 Å². The van der Waals surface area contributed by atoms with Gasteiger partial charge < -0.3 is 15.8 Å². The Balaban J connectivity index is 1.87. The van der Waals surface area contributed by atoms with Crippen LogP contribution in [0.1, 0.15) is 18.7 Å². The molecule has 0 saturated carbocycles. The quantitative estimate of drug-likeness (QED) is 0.763. The molecular formula is C16H18Cl3N5O. The predicted octanol–water partition coefficient (Wildman–Crippen LogP) is 3.29. The number of nitrogens with zero attached hydrogens (tertiary/aromatic N) is 3. The van der Waals surface area contributed by atoms with Crippen molar-refractivity contribution in [2.75, 3.05) is 25.1 Å². The minimum Gasteiger partial charge on any atom is -0.381 e. The standard InChI is InChI=1S/C16H18Cl3N5O/c17-16(18,19)13-22-12(11-4-2-1-3-5-11)23-14(24-13)21-10-15(20)6-8-25-9-7-15/h1-5H,6-10,20H2,(H,21,22,23,24). The van der Waals surface area contributed by atoms with Gasteiger partial charge in [-0.05, 0) is 12.8 Å². The molecular weight excluding hydrogens is 385 g/mol. The number of halogens is 3. The van der Waals surface area contributed by atoms with Gasteiger partial charge in [0.1, 0.15) is 0 Å². The van der Waals surface area contributed by atoms with E-state index in [-0.39, 0.29) is 11.4 Å². The summed E-state index contributed by atoms with van der Waals surface area (Å²) in [4.78, 5) is 12.9. The molecule has 0 aliphatic carbocycles. The molecule has 1 saturated heterocycles. The minimum absolute atomic E-state index is 0.0619. The molecule has 3 rings (SSSR count). The molecule has 0 spiro atoms. The number of anilines is 1. The lowest BCUT2D eigenvalue weighted by atomic mass is 9.91. The zero-order chi connectivity index (χ0) is 17.9. The van der Waals surface area contributed by atoms with E-state index in [9.17, 15) is 0 Å². The highest BCUT2D eigenvalue weighted by molar-refractivity contribution is 6.66. The van der Waals surface area contributed by atoms with Crippen molar-refractivity contribution in [1.29, 1.82) is 0 Å². The van der Waals surface area contributed by atoms with Gasteiger partial charge in [-0.3, -0.25) is 0 Å². The van der Waals surface area contributed by atoms with E-state index in [2.05, 4.69) is 20.3 Å². The number of hydrogen-bond donors (Lipinski definition) is 2. The SMILES string of the molecule is NC1(CNc2nc(-c3ccccc3)nc(C(Cl)(Cl)Cl)n2)CCOCC1. The molecule has 0 amide bonds. The molecule has 1 aliphatic rings. The van der Waals surface area contributed by atoms with Crippen LogP contribution in [0.5, 0.6) is 0 Å². The first kappa shape index (κ1) is 18.6. The Kier molecular flexibility index (Phi) is 5.65. The molecule has 3 N–H and O–H groups in total. The van der Waals surface area contributed by atoms with Crippen molar-refractivity contribution in [2.24, 2.45) is 5.73 Å². The first-order chi connectivity index (χ1) is 11.9. The van der Waals surface area contributed by atoms with Crippen LogP contribution in [-0.4, -0.2) is 40.2 Å². The van der Waals surface area contributed by atoms with Gasteiger partial charge in [-0.2, -0.15) is 9.97 Å². The first-order valence-corrected chi connectivity index (χ1v) is 8.98. The summed E-state index contributed by atoms with van der Waals surface area (Å²) in [5, 5.41) is 3.16. The molecule has 0 unspecified atom stereocenters. The van der Waals surface area contributed by atoms with Crippen molar-refractivity contribution >= 4 is 40.8 Å². The maximum Gasteiger partial charge on any atom is 0.250 e. The average Bonchev–Trinajstić information content (AvgIpc) is 2.60. The summed E-state index contributed by atoms with van der Waals surface area (Å²) in [6.07, 6.45) is 1.52. The van der Waals surface area contributed by atoms with Gasteiger partial charge in [0.15, 0.2) is 11.6 Å². The number of nitrogens with two attached hydrogens (primary N) is 1. The molecule has 6 nitrogen and oxygen atoms in total. The monoisotopic (exact) mass is 401 g/mol. The highest BCUT2D eigenvalue weighted by Gasteiger charge is 2.30. The van der Waals surface area contributed by atoms with Gasteiger partial charge >= 0.3 is 0 Å². The second-order valence-corrected chi connectivity index (χ2v) is 8.28. The van der Waals surface area contributed by atoms with Crippen LogP contribution < -0.4 is 11.1 Å². The lowest BCUT2D eigenvalue weighted by Gasteiger charge is -2.33. The minimum atomic E-state index is -1.75. The van der Waals surface area contributed by atoms with Gasteiger partial charge in [-0.15, -0.1) is 0 Å². The van der Waals surface area contributed by atoms with Crippen molar-refractivity contribution in [3.05, 3.63) is 36.2 Å². The van der Waals surface area contributed by atoms with Gasteiger partial charge in [0.05, 0.1) is 0 Å². The zero-order valence-corrected chi connectivity index (χ0v) is 15.7. The fraction of sp³-hybridized carbons (Fsp3) is 0.438. The summed E-state index contributed by atoms with van der Waals surface area (Å²) in [6.45, 7) is 1.78. The first-order valence-electron chi connectivity index (χ1n) is 7.85. The lowest BCUT2D eigenvalue weighted by Crippen LogP contribution is -2.50. The van der Waals surface area contributed by atoms with E-state index in [0.29, 0.717) is 31.5 Å². The maximum atomic E-state index is 6.39. The molecule has 0 bridgehead atoms. The molecule has 25 heavy (non-hydrogen) atoms. The highest BCUT2D eigenvalue weighted by Crippen LogP contribution is 2.36. The number of rotatable bonds is 4. The number of nitrogens with one attached hydrogen (secondary N) is 1. The molecule has 1 aromatic carbocycles. The fourth-order valence-corrected chi connectivity index (χ4v) is 2.76. The Hall–Kier alpha value is -1.18. The van der Waals surface area contributed by atoms with E-state index in [1.807, 2.05) is 30.3 Å². The normalized spacial score (nSPS) is 17.3. The van der Waals surface area contributed by atoms with Crippen molar-refractivity contribution in [3.8, 4) is 11.4 Å². The fourth-order valence-electron chi connectivity index (χ4n) is 2.51. The van der Waals surface area contributed by atoms with Crippen LogP contribution in [0.3, 0.4) is 0 Å². The molecule has 134 valence electrons. The molecule has 0 radical (unpaired) electrons. The van der Waals surface area contributed by atoms with E-state index in [4.69, 9.17) is 45.3 Å². The van der Waals surface area contributed by atoms with Crippen molar-refractivity contribution in [3.63, 3.8) is 0 Å². The topological polar surface area (TPSA) is 86.0 Å². The number of alkyl halides is 3. The number of aromatic nitrogens is 3. The molecule has 2 heterocycles. The second-order valence-electron chi connectivity index (χ2n) is 6.00. The second kappa shape index (κ2) is 7.60. The van der Waals surface area contributed by atoms with Crippen molar-refractivity contribution in [2.45, 2.75) is 22.2 Å². The van der Waals surface area contributed by atoms with Crippen LogP contribution in [0, 0.1) is 0 Å². The van der Waals surface area contributed by atoms with E-state index in [0.717, 1.165) is 18.4 Å². The Morgan fingerprint density at radius 3 is 2.40 bits per heavy atom. The van der Waals surface area contributed by atoms with Crippen LogP contribution >= 0.6 is 34.8 Å². The molecule has 1 aromatic heterocycles. The third-order valence-electron chi connectivity index (χ3n) is 4.01. The number of benzene rings is 1. The van der Waals surface area contributed by atoms with Crippen LogP contribution in [0.4, 0.5) is 5.95 Å². The van der Waals surface area contributed by atoms with Crippen LogP contribution in [-0.2, 0) is 8.53 Å².